The topological polar surface area (TPSA) is 83.9 Å². The molecule has 1 rings (SSSR count). The zero-order valence-electron chi connectivity index (χ0n) is 11.6. The van der Waals surface area contributed by atoms with Crippen LogP contribution in [0.2, 0.25) is 0 Å². The first-order valence-electron chi connectivity index (χ1n) is 6.11. The molecule has 0 aliphatic rings. The van der Waals surface area contributed by atoms with Crippen LogP contribution in [0.15, 0.2) is 24.3 Å². The van der Waals surface area contributed by atoms with Crippen molar-refractivity contribution in [3.8, 4) is 0 Å². The van der Waals surface area contributed by atoms with Crippen LogP contribution in [-0.2, 0) is 19.1 Å². The first-order chi connectivity index (χ1) is 9.38. The highest BCUT2D eigenvalue weighted by molar-refractivity contribution is 6.32. The highest BCUT2D eigenvalue weighted by Gasteiger charge is 2.32. The Hall–Kier alpha value is -2.37. The summed E-state index contributed by atoms with van der Waals surface area (Å²) in [5, 5.41) is 9.28. The van der Waals surface area contributed by atoms with E-state index in [1.807, 2.05) is 6.92 Å². The molecule has 0 radical (unpaired) electrons. The summed E-state index contributed by atoms with van der Waals surface area (Å²) < 4.78 is 4.59. The number of carboxylic acids is 1. The number of carbonyl (C=O) groups is 3. The second kappa shape index (κ2) is 6.70. The Kier molecular flexibility index (Phi) is 5.25. The van der Waals surface area contributed by atoms with Crippen LogP contribution in [0.1, 0.15) is 24.1 Å². The first kappa shape index (κ1) is 15.7. The molecule has 0 aromatic heterocycles. The summed E-state index contributed by atoms with van der Waals surface area (Å²) >= 11 is 0. The van der Waals surface area contributed by atoms with E-state index in [1.54, 1.807) is 31.2 Å². The largest absolute Gasteiger partial charge is 0.479 e. The maximum absolute atomic E-state index is 11.8. The number of likely N-dealkylation sites (N-methyl/N-ethyl adjacent to an activating group) is 1. The molecule has 20 heavy (non-hydrogen) atoms. The van der Waals surface area contributed by atoms with E-state index in [2.05, 4.69) is 4.74 Å². The molecule has 6 heteroatoms. The van der Waals surface area contributed by atoms with Crippen molar-refractivity contribution in [2.75, 3.05) is 13.7 Å². The van der Waals surface area contributed by atoms with Gasteiger partial charge in [0.25, 0.3) is 0 Å². The van der Waals surface area contributed by atoms with Gasteiger partial charge in [-0.3, -0.25) is 4.79 Å². The van der Waals surface area contributed by atoms with E-state index in [9.17, 15) is 19.5 Å². The van der Waals surface area contributed by atoms with Gasteiger partial charge < -0.3 is 14.7 Å². The standard InChI is InChI=1S/C14H17NO5/c1-4-20-14(19)12(16)15(3)11(13(17)18)10-7-5-9(2)6-8-10/h5-8,11H,4H2,1-3H3,(H,17,18). The summed E-state index contributed by atoms with van der Waals surface area (Å²) in [6.07, 6.45) is 0. The number of aliphatic carboxylic acids is 1. The fourth-order valence-corrected chi connectivity index (χ4v) is 1.73. The van der Waals surface area contributed by atoms with Gasteiger partial charge in [0.2, 0.25) is 0 Å². The number of benzene rings is 1. The molecule has 0 fully saturated rings. The van der Waals surface area contributed by atoms with E-state index >= 15 is 0 Å². The lowest BCUT2D eigenvalue weighted by Crippen LogP contribution is -2.40. The summed E-state index contributed by atoms with van der Waals surface area (Å²) in [6.45, 7) is 3.49. The molecule has 0 bridgehead atoms. The number of hydrogen-bond donors (Lipinski definition) is 1. The van der Waals surface area contributed by atoms with Gasteiger partial charge in [-0.25, -0.2) is 9.59 Å². The molecule has 0 saturated carbocycles. The summed E-state index contributed by atoms with van der Waals surface area (Å²) in [6, 6.07) is 5.49. The van der Waals surface area contributed by atoms with Crippen molar-refractivity contribution in [3.05, 3.63) is 35.4 Å². The van der Waals surface area contributed by atoms with E-state index in [0.29, 0.717) is 5.56 Å². The quantitative estimate of drug-likeness (QED) is 0.660. The third kappa shape index (κ3) is 3.57. The van der Waals surface area contributed by atoms with Crippen molar-refractivity contribution in [1.29, 1.82) is 0 Å². The minimum atomic E-state index is -1.23. The molecule has 1 atom stereocenters. The molecule has 1 unspecified atom stereocenters. The van der Waals surface area contributed by atoms with Crippen LogP contribution in [-0.4, -0.2) is 41.5 Å². The van der Waals surface area contributed by atoms with Crippen LogP contribution in [0, 0.1) is 6.92 Å². The molecule has 0 aliphatic heterocycles. The molecule has 1 N–H and O–H groups in total. The number of carbonyl (C=O) groups excluding carboxylic acids is 2. The molecule has 1 aromatic rings. The van der Waals surface area contributed by atoms with E-state index in [-0.39, 0.29) is 6.61 Å². The van der Waals surface area contributed by atoms with Gasteiger partial charge in [0, 0.05) is 7.05 Å². The predicted molar refractivity (Wildman–Crippen MR) is 71.0 cm³/mol. The lowest BCUT2D eigenvalue weighted by molar-refractivity contribution is -0.163. The molecule has 0 heterocycles. The van der Waals surface area contributed by atoms with E-state index in [4.69, 9.17) is 0 Å². The van der Waals surface area contributed by atoms with Gasteiger partial charge in [0.15, 0.2) is 6.04 Å². The smallest absolute Gasteiger partial charge is 0.397 e. The number of rotatable bonds is 4. The van der Waals surface area contributed by atoms with Gasteiger partial charge in [-0.05, 0) is 19.4 Å². The Morgan fingerprint density at radius 2 is 1.80 bits per heavy atom. The minimum Gasteiger partial charge on any atom is -0.479 e. The van der Waals surface area contributed by atoms with Crippen molar-refractivity contribution in [2.24, 2.45) is 0 Å². The third-order valence-electron chi connectivity index (χ3n) is 2.78. The Balaban J connectivity index is 3.02. The second-order valence-corrected chi connectivity index (χ2v) is 4.29. The van der Waals surface area contributed by atoms with Gasteiger partial charge in [0.1, 0.15) is 0 Å². The summed E-state index contributed by atoms with van der Waals surface area (Å²) in [7, 11) is 1.26. The number of aryl methyl sites for hydroxylation is 1. The van der Waals surface area contributed by atoms with Crippen LogP contribution in [0.25, 0.3) is 0 Å². The summed E-state index contributed by atoms with van der Waals surface area (Å²) in [5.74, 6) is -3.26. The molecule has 1 amide bonds. The maximum atomic E-state index is 11.8. The van der Waals surface area contributed by atoms with Crippen molar-refractivity contribution in [1.82, 2.24) is 4.90 Å². The molecule has 0 saturated heterocycles. The molecule has 0 spiro atoms. The number of amides is 1. The average Bonchev–Trinajstić information content (AvgIpc) is 2.40. The number of esters is 1. The van der Waals surface area contributed by atoms with Gasteiger partial charge in [-0.2, -0.15) is 0 Å². The lowest BCUT2D eigenvalue weighted by atomic mass is 10.0. The van der Waals surface area contributed by atoms with Gasteiger partial charge in [-0.15, -0.1) is 0 Å². The van der Waals surface area contributed by atoms with Gasteiger partial charge >= 0.3 is 17.8 Å². The highest BCUT2D eigenvalue weighted by atomic mass is 16.5. The monoisotopic (exact) mass is 279 g/mol. The third-order valence-corrected chi connectivity index (χ3v) is 2.78. The van der Waals surface area contributed by atoms with Crippen LogP contribution < -0.4 is 0 Å². The van der Waals surface area contributed by atoms with Gasteiger partial charge in [-0.1, -0.05) is 29.8 Å². The number of ether oxygens (including phenoxy) is 1. The maximum Gasteiger partial charge on any atom is 0.397 e. The Labute approximate surface area is 117 Å². The zero-order chi connectivity index (χ0) is 15.3. The van der Waals surface area contributed by atoms with Crippen molar-refractivity contribution >= 4 is 17.8 Å². The number of hydrogen-bond acceptors (Lipinski definition) is 4. The van der Waals surface area contributed by atoms with Crippen LogP contribution >= 0.6 is 0 Å². The number of carboxylic acid groups (broad SMARTS) is 1. The predicted octanol–water partition coefficient (Wildman–Crippen LogP) is 1.14. The van der Waals surface area contributed by atoms with Gasteiger partial charge in [0.05, 0.1) is 6.61 Å². The summed E-state index contributed by atoms with van der Waals surface area (Å²) in [4.78, 5) is 35.4. The van der Waals surface area contributed by atoms with E-state index in [1.165, 1.54) is 7.05 Å². The Morgan fingerprint density at radius 1 is 1.25 bits per heavy atom. The van der Waals surface area contributed by atoms with E-state index < -0.39 is 23.9 Å². The molecule has 0 aliphatic carbocycles. The van der Waals surface area contributed by atoms with Crippen molar-refractivity contribution in [3.63, 3.8) is 0 Å². The van der Waals surface area contributed by atoms with Crippen molar-refractivity contribution < 1.29 is 24.2 Å². The molecular weight excluding hydrogens is 262 g/mol. The average molecular weight is 279 g/mol. The molecule has 1 aromatic carbocycles. The Morgan fingerprint density at radius 3 is 2.25 bits per heavy atom. The summed E-state index contributed by atoms with van der Waals surface area (Å²) in [5.41, 5.74) is 1.39. The second-order valence-electron chi connectivity index (χ2n) is 4.29. The van der Waals surface area contributed by atoms with Crippen molar-refractivity contribution in [2.45, 2.75) is 19.9 Å². The SMILES string of the molecule is CCOC(=O)C(=O)N(C)C(C(=O)O)c1ccc(C)cc1. The van der Waals surface area contributed by atoms with E-state index in [0.717, 1.165) is 10.5 Å². The molecule has 6 nitrogen and oxygen atoms in total. The fourth-order valence-electron chi connectivity index (χ4n) is 1.73. The van der Waals surface area contributed by atoms with Crippen LogP contribution in [0.5, 0.6) is 0 Å². The normalized spacial score (nSPS) is 11.6. The van der Waals surface area contributed by atoms with Crippen LogP contribution in [0.3, 0.4) is 0 Å². The Bertz CT molecular complexity index is 509. The number of nitrogens with zero attached hydrogens (tertiary/aromatic N) is 1. The molecule has 108 valence electrons. The highest BCUT2D eigenvalue weighted by Crippen LogP contribution is 2.20. The molecular formula is C14H17NO5. The minimum absolute atomic E-state index is 0.0562. The van der Waals surface area contributed by atoms with Crippen LogP contribution in [0.4, 0.5) is 0 Å². The zero-order valence-corrected chi connectivity index (χ0v) is 11.6. The fraction of sp³-hybridized carbons (Fsp3) is 0.357. The lowest BCUT2D eigenvalue weighted by Gasteiger charge is -2.24. The first-order valence-corrected chi connectivity index (χ1v) is 6.11.